The minimum atomic E-state index is -3.68. The highest BCUT2D eigenvalue weighted by molar-refractivity contribution is 7.94. The number of sulfonamides is 1. The fourth-order valence-electron chi connectivity index (χ4n) is 1.81. The van der Waals surface area contributed by atoms with E-state index in [4.69, 9.17) is 16.0 Å². The van der Waals surface area contributed by atoms with Gasteiger partial charge >= 0.3 is 0 Å². The van der Waals surface area contributed by atoms with Crippen LogP contribution in [0, 0.1) is 0 Å². The summed E-state index contributed by atoms with van der Waals surface area (Å²) in [6.07, 6.45) is 0.625. The molecule has 0 spiro atoms. The van der Waals surface area contributed by atoms with Crippen LogP contribution < -0.4 is 4.72 Å². The molecule has 0 amide bonds. The van der Waals surface area contributed by atoms with Gasteiger partial charge in [-0.15, -0.1) is 21.5 Å². The van der Waals surface area contributed by atoms with Crippen molar-refractivity contribution in [2.24, 2.45) is 0 Å². The number of halogens is 1. The molecule has 0 bridgehead atoms. The molecule has 23 heavy (non-hydrogen) atoms. The van der Waals surface area contributed by atoms with Crippen molar-refractivity contribution in [2.45, 2.75) is 17.6 Å². The third-order valence-electron chi connectivity index (χ3n) is 2.95. The lowest BCUT2D eigenvalue weighted by molar-refractivity contribution is 0.513. The molecule has 3 rings (SSSR count). The van der Waals surface area contributed by atoms with Crippen LogP contribution in [0.15, 0.2) is 44.3 Å². The van der Waals surface area contributed by atoms with Gasteiger partial charge in [-0.05, 0) is 30.3 Å². The first-order chi connectivity index (χ1) is 11.0. The maximum absolute atomic E-state index is 12.4. The van der Waals surface area contributed by atoms with Crippen LogP contribution in [0.25, 0.3) is 11.5 Å². The number of rotatable bonds is 5. The Hall–Kier alpha value is -1.90. The summed E-state index contributed by atoms with van der Waals surface area (Å²) >= 11 is 6.87. The molecule has 0 aliphatic carbocycles. The fourth-order valence-corrected chi connectivity index (χ4v) is 4.14. The zero-order valence-corrected chi connectivity index (χ0v) is 14.4. The summed E-state index contributed by atoms with van der Waals surface area (Å²) < 4.78 is 32.9. The Morgan fingerprint density at radius 2 is 2.00 bits per heavy atom. The molecule has 6 nitrogen and oxygen atoms in total. The van der Waals surface area contributed by atoms with Crippen molar-refractivity contribution in [3.05, 3.63) is 46.6 Å². The van der Waals surface area contributed by atoms with Crippen LogP contribution in [-0.2, 0) is 16.4 Å². The van der Waals surface area contributed by atoms with Crippen LogP contribution in [0.3, 0.4) is 0 Å². The van der Waals surface area contributed by atoms with Gasteiger partial charge in [0.05, 0.1) is 5.56 Å². The van der Waals surface area contributed by atoms with Crippen molar-refractivity contribution >= 4 is 38.6 Å². The molecular weight excluding hydrogens is 358 g/mol. The predicted octanol–water partition coefficient (Wildman–Crippen LogP) is 3.81. The normalized spacial score (nSPS) is 11.6. The van der Waals surface area contributed by atoms with Crippen molar-refractivity contribution in [1.82, 2.24) is 10.2 Å². The number of nitrogens with zero attached hydrogens (tertiary/aromatic N) is 2. The van der Waals surface area contributed by atoms with Crippen molar-refractivity contribution in [3.63, 3.8) is 0 Å². The Morgan fingerprint density at radius 3 is 2.65 bits per heavy atom. The van der Waals surface area contributed by atoms with Gasteiger partial charge in [0.2, 0.25) is 11.8 Å². The van der Waals surface area contributed by atoms with E-state index in [1.165, 1.54) is 6.07 Å². The van der Waals surface area contributed by atoms with E-state index in [-0.39, 0.29) is 4.21 Å². The average Bonchev–Trinajstić information content (AvgIpc) is 3.18. The second-order valence-corrected chi connectivity index (χ2v) is 7.88. The van der Waals surface area contributed by atoms with E-state index < -0.39 is 10.0 Å². The van der Waals surface area contributed by atoms with Gasteiger partial charge in [0.1, 0.15) is 4.21 Å². The number of anilines is 1. The first-order valence-corrected chi connectivity index (χ1v) is 9.41. The molecule has 2 aromatic heterocycles. The van der Waals surface area contributed by atoms with Gasteiger partial charge < -0.3 is 4.42 Å². The summed E-state index contributed by atoms with van der Waals surface area (Å²) in [5.41, 5.74) is 1.02. The lowest BCUT2D eigenvalue weighted by atomic mass is 10.3. The summed E-state index contributed by atoms with van der Waals surface area (Å²) in [7, 11) is -3.68. The Balaban J connectivity index is 1.84. The van der Waals surface area contributed by atoms with Gasteiger partial charge in [-0.1, -0.05) is 18.5 Å². The maximum atomic E-state index is 12.4. The van der Waals surface area contributed by atoms with E-state index >= 15 is 0 Å². The third kappa shape index (κ3) is 3.54. The zero-order chi connectivity index (χ0) is 16.4. The standard InChI is InChI=1S/C14H12ClN3O3S2/c1-2-12-16-17-14(21-12)9-7-13(22-8-9)23(19,20)18-11-5-3-10(15)4-6-11/h3-8,18H,2H2,1H3. The van der Waals surface area contributed by atoms with Gasteiger partial charge in [-0.3, -0.25) is 4.72 Å². The largest absolute Gasteiger partial charge is 0.421 e. The average molecular weight is 370 g/mol. The smallest absolute Gasteiger partial charge is 0.271 e. The van der Waals surface area contributed by atoms with Gasteiger partial charge in [0.15, 0.2) is 0 Å². The Bertz CT molecular complexity index is 917. The molecule has 1 N–H and O–H groups in total. The SMILES string of the molecule is CCc1nnc(-c2csc(S(=O)(=O)Nc3ccc(Cl)cc3)c2)o1. The van der Waals surface area contributed by atoms with E-state index in [1.807, 2.05) is 6.92 Å². The minimum absolute atomic E-state index is 0.165. The molecule has 0 radical (unpaired) electrons. The van der Waals surface area contributed by atoms with Crippen LogP contribution in [0.5, 0.6) is 0 Å². The number of aryl methyl sites for hydroxylation is 1. The molecule has 2 heterocycles. The molecule has 0 fully saturated rings. The van der Waals surface area contributed by atoms with Gasteiger partial charge in [-0.25, -0.2) is 8.42 Å². The van der Waals surface area contributed by atoms with E-state index in [1.54, 1.807) is 29.6 Å². The molecule has 0 atom stereocenters. The van der Waals surface area contributed by atoms with E-state index in [0.29, 0.717) is 34.5 Å². The lowest BCUT2D eigenvalue weighted by Crippen LogP contribution is -2.11. The molecule has 120 valence electrons. The zero-order valence-electron chi connectivity index (χ0n) is 12.0. The van der Waals surface area contributed by atoms with Crippen LogP contribution in [0.4, 0.5) is 5.69 Å². The minimum Gasteiger partial charge on any atom is -0.421 e. The molecule has 9 heteroatoms. The highest BCUT2D eigenvalue weighted by Gasteiger charge is 2.19. The second-order valence-electron chi connectivity index (χ2n) is 4.62. The van der Waals surface area contributed by atoms with Crippen molar-refractivity contribution in [1.29, 1.82) is 0 Å². The van der Waals surface area contributed by atoms with E-state index in [0.717, 1.165) is 11.3 Å². The quantitative estimate of drug-likeness (QED) is 0.739. The highest BCUT2D eigenvalue weighted by atomic mass is 35.5. The van der Waals surface area contributed by atoms with Gasteiger partial charge in [0, 0.05) is 22.5 Å². The van der Waals surface area contributed by atoms with Crippen molar-refractivity contribution in [3.8, 4) is 11.5 Å². The first kappa shape index (κ1) is 16.0. The van der Waals surface area contributed by atoms with Crippen LogP contribution in [0.2, 0.25) is 5.02 Å². The maximum Gasteiger partial charge on any atom is 0.271 e. The summed E-state index contributed by atoms with van der Waals surface area (Å²) in [4.78, 5) is 0. The van der Waals surface area contributed by atoms with E-state index in [2.05, 4.69) is 14.9 Å². The van der Waals surface area contributed by atoms with Crippen molar-refractivity contribution < 1.29 is 12.8 Å². The Kier molecular flexibility index (Phi) is 4.38. The third-order valence-corrected chi connectivity index (χ3v) is 6.03. The molecule has 0 saturated heterocycles. The molecule has 1 aromatic carbocycles. The highest BCUT2D eigenvalue weighted by Crippen LogP contribution is 2.29. The summed E-state index contributed by atoms with van der Waals surface area (Å²) in [6, 6.07) is 7.93. The number of nitrogens with one attached hydrogen (secondary N) is 1. The summed E-state index contributed by atoms with van der Waals surface area (Å²) in [5.74, 6) is 0.820. The van der Waals surface area contributed by atoms with Gasteiger partial charge in [0.25, 0.3) is 10.0 Å². The number of aromatic nitrogens is 2. The van der Waals surface area contributed by atoms with Crippen LogP contribution in [0.1, 0.15) is 12.8 Å². The monoisotopic (exact) mass is 369 g/mol. The van der Waals surface area contributed by atoms with E-state index in [9.17, 15) is 8.42 Å². The summed E-state index contributed by atoms with van der Waals surface area (Å²) in [6.45, 7) is 1.90. The fraction of sp³-hybridized carbons (Fsp3) is 0.143. The molecule has 0 aliphatic rings. The lowest BCUT2D eigenvalue weighted by Gasteiger charge is -2.05. The topological polar surface area (TPSA) is 85.1 Å². The first-order valence-electron chi connectivity index (χ1n) is 6.67. The number of hydrogen-bond donors (Lipinski definition) is 1. The number of hydrogen-bond acceptors (Lipinski definition) is 6. The van der Waals surface area contributed by atoms with Crippen molar-refractivity contribution in [2.75, 3.05) is 4.72 Å². The second kappa shape index (κ2) is 6.31. The number of thiophene rings is 1. The summed E-state index contributed by atoms with van der Waals surface area (Å²) in [5, 5.41) is 9.98. The molecule has 0 aliphatic heterocycles. The Labute approximate surface area is 142 Å². The van der Waals surface area contributed by atoms with Gasteiger partial charge in [-0.2, -0.15) is 0 Å². The molecular formula is C14H12ClN3O3S2. The molecule has 0 saturated carbocycles. The van der Waals surface area contributed by atoms with Crippen LogP contribution in [-0.4, -0.2) is 18.6 Å². The molecule has 0 unspecified atom stereocenters. The number of benzene rings is 1. The Morgan fingerprint density at radius 1 is 1.26 bits per heavy atom. The predicted molar refractivity (Wildman–Crippen MR) is 89.2 cm³/mol. The van der Waals surface area contributed by atoms with Crippen LogP contribution >= 0.6 is 22.9 Å². The molecule has 3 aromatic rings.